The quantitative estimate of drug-likeness (QED) is 0.674. The number of anilines is 1. The highest BCUT2D eigenvalue weighted by molar-refractivity contribution is 5.78. The third-order valence-electron chi connectivity index (χ3n) is 3.39. The van der Waals surface area contributed by atoms with Crippen LogP contribution in [0.1, 0.15) is 11.6 Å². The largest absolute Gasteiger partial charge is 0.382 e. The van der Waals surface area contributed by atoms with Crippen LogP contribution in [0.4, 0.5) is 5.69 Å². The molecular formula is C16H17N3O2. The molecule has 0 saturated heterocycles. The topological polar surface area (TPSA) is 69.9 Å². The average Bonchev–Trinajstić information content (AvgIpc) is 2.87. The fourth-order valence-electron chi connectivity index (χ4n) is 2.40. The second-order valence-corrected chi connectivity index (χ2v) is 4.90. The van der Waals surface area contributed by atoms with Crippen molar-refractivity contribution >= 4 is 16.7 Å². The number of aromatic amines is 2. The van der Waals surface area contributed by atoms with E-state index < -0.39 is 0 Å². The maximum absolute atomic E-state index is 11.3. The maximum atomic E-state index is 11.3. The number of imidazole rings is 1. The summed E-state index contributed by atoms with van der Waals surface area (Å²) in [6, 6.07) is 15.9. The molecule has 3 N–H and O–H groups in total. The first-order valence-electron chi connectivity index (χ1n) is 6.79. The molecule has 1 heterocycles. The number of fused-ring (bicyclic) bond motifs is 1. The van der Waals surface area contributed by atoms with Crippen molar-refractivity contribution in [3.05, 3.63) is 64.6 Å². The molecule has 0 aliphatic carbocycles. The molecule has 0 saturated carbocycles. The highest BCUT2D eigenvalue weighted by Crippen LogP contribution is 2.22. The average molecular weight is 283 g/mol. The molecule has 0 spiro atoms. The van der Waals surface area contributed by atoms with E-state index >= 15 is 0 Å². The Morgan fingerprint density at radius 3 is 2.62 bits per heavy atom. The van der Waals surface area contributed by atoms with Gasteiger partial charge >= 0.3 is 5.69 Å². The number of nitrogens with one attached hydrogen (secondary N) is 3. The molecule has 3 rings (SSSR count). The summed E-state index contributed by atoms with van der Waals surface area (Å²) in [5.74, 6) is 0. The van der Waals surface area contributed by atoms with Gasteiger partial charge in [0.05, 0.1) is 23.7 Å². The summed E-state index contributed by atoms with van der Waals surface area (Å²) in [4.78, 5) is 16.8. The molecule has 2 aromatic carbocycles. The lowest BCUT2D eigenvalue weighted by Crippen LogP contribution is -2.16. The van der Waals surface area contributed by atoms with Crippen molar-refractivity contribution < 1.29 is 4.74 Å². The van der Waals surface area contributed by atoms with Crippen molar-refractivity contribution in [3.63, 3.8) is 0 Å². The van der Waals surface area contributed by atoms with Crippen LogP contribution in [0.15, 0.2) is 53.3 Å². The minimum Gasteiger partial charge on any atom is -0.382 e. The monoisotopic (exact) mass is 283 g/mol. The SMILES string of the molecule is COCC(Nc1ccc2[nH]c(=O)[nH]c2c1)c1ccccc1. The van der Waals surface area contributed by atoms with Crippen molar-refractivity contribution in [1.82, 2.24) is 9.97 Å². The van der Waals surface area contributed by atoms with E-state index in [0.29, 0.717) is 6.61 Å². The standard InChI is InChI=1S/C16H17N3O2/c1-21-10-15(11-5-3-2-4-6-11)17-12-7-8-13-14(9-12)19-16(20)18-13/h2-9,15,17H,10H2,1H3,(H2,18,19,20). The number of hydrogen-bond donors (Lipinski definition) is 3. The Hall–Kier alpha value is -2.53. The van der Waals surface area contributed by atoms with Gasteiger partial charge in [0.2, 0.25) is 0 Å². The smallest absolute Gasteiger partial charge is 0.323 e. The lowest BCUT2D eigenvalue weighted by Gasteiger charge is -2.19. The summed E-state index contributed by atoms with van der Waals surface area (Å²) < 4.78 is 5.30. The first-order chi connectivity index (χ1) is 10.3. The Kier molecular flexibility index (Phi) is 3.75. The zero-order valence-corrected chi connectivity index (χ0v) is 11.7. The number of methoxy groups -OCH3 is 1. The summed E-state index contributed by atoms with van der Waals surface area (Å²) in [6.45, 7) is 0.561. The summed E-state index contributed by atoms with van der Waals surface area (Å²) >= 11 is 0. The predicted octanol–water partition coefficient (Wildman–Crippen LogP) is 2.66. The molecule has 1 aromatic heterocycles. The molecule has 3 aromatic rings. The van der Waals surface area contributed by atoms with Crippen LogP contribution in [-0.4, -0.2) is 23.7 Å². The lowest BCUT2D eigenvalue weighted by molar-refractivity contribution is 0.186. The number of aromatic nitrogens is 2. The van der Waals surface area contributed by atoms with Gasteiger partial charge in [0.1, 0.15) is 0 Å². The summed E-state index contributed by atoms with van der Waals surface area (Å²) in [7, 11) is 1.68. The Morgan fingerprint density at radius 2 is 1.86 bits per heavy atom. The molecule has 21 heavy (non-hydrogen) atoms. The van der Waals surface area contributed by atoms with Crippen molar-refractivity contribution in [2.45, 2.75) is 6.04 Å². The number of hydrogen-bond acceptors (Lipinski definition) is 3. The lowest BCUT2D eigenvalue weighted by atomic mass is 10.1. The third kappa shape index (κ3) is 2.98. The molecule has 0 aliphatic heterocycles. The summed E-state index contributed by atoms with van der Waals surface area (Å²) in [5.41, 5.74) is 3.48. The highest BCUT2D eigenvalue weighted by Gasteiger charge is 2.11. The number of ether oxygens (including phenoxy) is 1. The number of benzene rings is 2. The van der Waals surface area contributed by atoms with Crippen molar-refractivity contribution in [2.24, 2.45) is 0 Å². The van der Waals surface area contributed by atoms with Gasteiger partial charge in [0.25, 0.3) is 0 Å². The van der Waals surface area contributed by atoms with Crippen LogP contribution in [0, 0.1) is 0 Å². The summed E-state index contributed by atoms with van der Waals surface area (Å²) in [6.07, 6.45) is 0. The van der Waals surface area contributed by atoms with E-state index in [4.69, 9.17) is 4.74 Å². The molecule has 0 radical (unpaired) electrons. The van der Waals surface area contributed by atoms with E-state index in [1.54, 1.807) is 7.11 Å². The van der Waals surface area contributed by atoms with Gasteiger partial charge in [-0.05, 0) is 23.8 Å². The van der Waals surface area contributed by atoms with Crippen LogP contribution in [0.5, 0.6) is 0 Å². The first kappa shape index (κ1) is 13.5. The fraction of sp³-hybridized carbons (Fsp3) is 0.188. The first-order valence-corrected chi connectivity index (χ1v) is 6.79. The highest BCUT2D eigenvalue weighted by atomic mass is 16.5. The molecule has 108 valence electrons. The van der Waals surface area contributed by atoms with E-state index in [-0.39, 0.29) is 11.7 Å². The van der Waals surface area contributed by atoms with Gasteiger partial charge in [-0.1, -0.05) is 30.3 Å². The molecule has 0 bridgehead atoms. The van der Waals surface area contributed by atoms with Gasteiger partial charge in [-0.2, -0.15) is 0 Å². The molecule has 1 unspecified atom stereocenters. The van der Waals surface area contributed by atoms with Crippen LogP contribution in [0.3, 0.4) is 0 Å². The van der Waals surface area contributed by atoms with E-state index in [0.717, 1.165) is 22.3 Å². The Balaban J connectivity index is 1.88. The van der Waals surface area contributed by atoms with Gasteiger partial charge in [-0.3, -0.25) is 0 Å². The van der Waals surface area contributed by atoms with Gasteiger partial charge in [0.15, 0.2) is 0 Å². The zero-order valence-electron chi connectivity index (χ0n) is 11.7. The minimum atomic E-state index is -0.196. The van der Waals surface area contributed by atoms with Gasteiger partial charge < -0.3 is 20.0 Å². The van der Waals surface area contributed by atoms with Crippen LogP contribution in [0.2, 0.25) is 0 Å². The second kappa shape index (κ2) is 5.85. The van der Waals surface area contributed by atoms with Crippen LogP contribution < -0.4 is 11.0 Å². The maximum Gasteiger partial charge on any atom is 0.323 e. The Bertz CT molecular complexity index is 777. The molecule has 0 fully saturated rings. The Morgan fingerprint density at radius 1 is 1.10 bits per heavy atom. The fourth-order valence-corrected chi connectivity index (χ4v) is 2.40. The van der Waals surface area contributed by atoms with Gasteiger partial charge in [-0.15, -0.1) is 0 Å². The van der Waals surface area contributed by atoms with Crippen LogP contribution in [0.25, 0.3) is 11.0 Å². The van der Waals surface area contributed by atoms with Crippen molar-refractivity contribution in [2.75, 3.05) is 19.0 Å². The minimum absolute atomic E-state index is 0.0549. The molecule has 5 nitrogen and oxygen atoms in total. The van der Waals surface area contributed by atoms with E-state index in [2.05, 4.69) is 27.4 Å². The molecular weight excluding hydrogens is 266 g/mol. The van der Waals surface area contributed by atoms with Crippen LogP contribution >= 0.6 is 0 Å². The predicted molar refractivity (Wildman–Crippen MR) is 83.6 cm³/mol. The van der Waals surface area contributed by atoms with Crippen LogP contribution in [-0.2, 0) is 4.74 Å². The number of rotatable bonds is 5. The van der Waals surface area contributed by atoms with E-state index in [9.17, 15) is 4.79 Å². The van der Waals surface area contributed by atoms with Gasteiger partial charge in [-0.25, -0.2) is 4.79 Å². The molecule has 1 atom stereocenters. The normalized spacial score (nSPS) is 12.4. The number of H-pyrrole nitrogens is 2. The molecule has 0 amide bonds. The molecule has 0 aliphatic rings. The molecule has 5 heteroatoms. The van der Waals surface area contributed by atoms with Crippen molar-refractivity contribution in [1.29, 1.82) is 0 Å². The van der Waals surface area contributed by atoms with Crippen molar-refractivity contribution in [3.8, 4) is 0 Å². The van der Waals surface area contributed by atoms with Gasteiger partial charge in [0, 0.05) is 12.8 Å². The Labute approximate surface area is 122 Å². The van der Waals surface area contributed by atoms with E-state index in [1.807, 2.05) is 36.4 Å². The third-order valence-corrected chi connectivity index (χ3v) is 3.39. The second-order valence-electron chi connectivity index (χ2n) is 4.90. The summed E-state index contributed by atoms with van der Waals surface area (Å²) in [5, 5.41) is 3.44. The van der Waals surface area contributed by atoms with E-state index in [1.165, 1.54) is 0 Å². The zero-order chi connectivity index (χ0) is 14.7.